The second kappa shape index (κ2) is 11.2. The number of para-hydroxylation sites is 1. The van der Waals surface area contributed by atoms with Crippen molar-refractivity contribution in [3.63, 3.8) is 0 Å². The van der Waals surface area contributed by atoms with Gasteiger partial charge in [0.1, 0.15) is 0 Å². The van der Waals surface area contributed by atoms with E-state index >= 15 is 0 Å². The zero-order valence-corrected chi connectivity index (χ0v) is 23.1. The first-order valence-corrected chi connectivity index (χ1v) is 14.1. The molecular weight excluding hydrogens is 570 g/mol. The van der Waals surface area contributed by atoms with E-state index in [4.69, 9.17) is 0 Å². The van der Waals surface area contributed by atoms with Crippen LogP contribution in [0.4, 0.5) is 0 Å². The minimum Gasteiger partial charge on any atom is -0.272 e. The first-order chi connectivity index (χ1) is 19.2. The van der Waals surface area contributed by atoms with E-state index in [1.165, 1.54) is 11.8 Å². The molecule has 1 amide bonds. The van der Waals surface area contributed by atoms with Gasteiger partial charge >= 0.3 is 0 Å². The van der Waals surface area contributed by atoms with Gasteiger partial charge in [-0.3, -0.25) is 9.36 Å². The number of carbonyl (C=O) groups is 1. The van der Waals surface area contributed by atoms with Crippen LogP contribution in [0.5, 0.6) is 0 Å². The van der Waals surface area contributed by atoms with E-state index in [1.54, 1.807) is 6.21 Å². The van der Waals surface area contributed by atoms with Crippen molar-refractivity contribution in [2.75, 3.05) is 5.75 Å². The van der Waals surface area contributed by atoms with E-state index in [2.05, 4.69) is 67.0 Å². The first kappa shape index (κ1) is 25.0. The quantitative estimate of drug-likeness (QED) is 0.0918. The molecule has 0 aliphatic heterocycles. The standard InChI is InChI=1S/C31H22BrN5OS/c32-24-16-14-21(15-17-24)30-35-36-31(37(30)25-10-2-1-3-11-25)39-20-29(38)34-33-19-28-26-12-6-4-8-22(26)18-23-9-5-7-13-27(23)28/h1-19H,20H2,(H,34,38)/b33-19-. The normalized spacial score (nSPS) is 11.4. The van der Waals surface area contributed by atoms with Crippen LogP contribution < -0.4 is 5.43 Å². The Kier molecular flexibility index (Phi) is 7.21. The van der Waals surface area contributed by atoms with Crippen LogP contribution in [0.15, 0.2) is 124 Å². The number of aromatic nitrogens is 3. The Morgan fingerprint density at radius 3 is 2.18 bits per heavy atom. The Bertz CT molecular complexity index is 1760. The summed E-state index contributed by atoms with van der Waals surface area (Å²) >= 11 is 4.80. The van der Waals surface area contributed by atoms with Gasteiger partial charge in [0.25, 0.3) is 5.91 Å². The van der Waals surface area contributed by atoms with Crippen molar-refractivity contribution >= 4 is 61.4 Å². The van der Waals surface area contributed by atoms with Crippen LogP contribution in [0, 0.1) is 0 Å². The van der Waals surface area contributed by atoms with Crippen LogP contribution in [0.3, 0.4) is 0 Å². The van der Waals surface area contributed by atoms with Gasteiger partial charge in [-0.1, -0.05) is 107 Å². The van der Waals surface area contributed by atoms with E-state index < -0.39 is 0 Å². The molecule has 0 atom stereocenters. The van der Waals surface area contributed by atoms with E-state index in [1.807, 2.05) is 83.4 Å². The van der Waals surface area contributed by atoms with Crippen LogP contribution in [0.2, 0.25) is 0 Å². The number of fused-ring (bicyclic) bond motifs is 2. The fraction of sp³-hybridized carbons (Fsp3) is 0.0323. The lowest BCUT2D eigenvalue weighted by Crippen LogP contribution is -2.20. The third kappa shape index (κ3) is 5.34. The number of halogens is 1. The van der Waals surface area contributed by atoms with E-state index in [-0.39, 0.29) is 11.7 Å². The zero-order valence-electron chi connectivity index (χ0n) is 20.7. The SMILES string of the molecule is O=C(CSc1nnc(-c2ccc(Br)cc2)n1-c1ccccc1)N/N=C\c1c2ccccc2cc2ccccc12. The maximum atomic E-state index is 12.8. The fourth-order valence-corrected chi connectivity index (χ4v) is 5.49. The monoisotopic (exact) mass is 591 g/mol. The summed E-state index contributed by atoms with van der Waals surface area (Å²) in [5, 5.41) is 18.2. The Morgan fingerprint density at radius 1 is 0.846 bits per heavy atom. The number of nitrogens with zero attached hydrogens (tertiary/aromatic N) is 4. The summed E-state index contributed by atoms with van der Waals surface area (Å²) in [6.07, 6.45) is 1.73. The predicted molar refractivity (Wildman–Crippen MR) is 162 cm³/mol. The van der Waals surface area contributed by atoms with Gasteiger partial charge in [-0.15, -0.1) is 10.2 Å². The molecule has 0 unspecified atom stereocenters. The molecule has 8 heteroatoms. The van der Waals surface area contributed by atoms with Gasteiger partial charge in [-0.05, 0) is 51.9 Å². The molecule has 5 aromatic carbocycles. The molecule has 1 heterocycles. The van der Waals surface area contributed by atoms with Crippen molar-refractivity contribution in [3.8, 4) is 17.1 Å². The van der Waals surface area contributed by atoms with Gasteiger partial charge in [0.2, 0.25) is 0 Å². The Balaban J connectivity index is 1.22. The van der Waals surface area contributed by atoms with E-state index in [0.29, 0.717) is 11.0 Å². The molecule has 6 rings (SSSR count). The summed E-state index contributed by atoms with van der Waals surface area (Å²) in [5.41, 5.74) is 5.50. The molecule has 0 saturated heterocycles. The molecule has 6 nitrogen and oxygen atoms in total. The van der Waals surface area contributed by atoms with Crippen LogP contribution in [-0.2, 0) is 4.79 Å². The molecule has 0 radical (unpaired) electrons. The number of thioether (sulfide) groups is 1. The second-order valence-corrected chi connectivity index (χ2v) is 10.7. The Hall–Kier alpha value is -4.27. The van der Waals surface area contributed by atoms with Crippen molar-refractivity contribution in [2.24, 2.45) is 5.10 Å². The largest absolute Gasteiger partial charge is 0.272 e. The highest BCUT2D eigenvalue weighted by Gasteiger charge is 2.17. The van der Waals surface area contributed by atoms with Gasteiger partial charge in [-0.2, -0.15) is 5.10 Å². The van der Waals surface area contributed by atoms with Gasteiger partial charge < -0.3 is 0 Å². The van der Waals surface area contributed by atoms with Crippen molar-refractivity contribution < 1.29 is 4.79 Å². The first-order valence-electron chi connectivity index (χ1n) is 12.3. The maximum absolute atomic E-state index is 12.8. The van der Waals surface area contributed by atoms with Crippen molar-refractivity contribution in [1.29, 1.82) is 0 Å². The topological polar surface area (TPSA) is 72.2 Å². The van der Waals surface area contributed by atoms with Crippen molar-refractivity contribution in [1.82, 2.24) is 20.2 Å². The highest BCUT2D eigenvalue weighted by atomic mass is 79.9. The third-order valence-electron chi connectivity index (χ3n) is 6.28. The van der Waals surface area contributed by atoms with E-state index in [9.17, 15) is 4.79 Å². The Labute approximate surface area is 237 Å². The molecule has 0 bridgehead atoms. The van der Waals surface area contributed by atoms with Gasteiger partial charge in [0, 0.05) is 21.3 Å². The van der Waals surface area contributed by atoms with Gasteiger partial charge in [-0.25, -0.2) is 5.43 Å². The summed E-state index contributed by atoms with van der Waals surface area (Å²) in [5.74, 6) is 0.616. The molecule has 6 aromatic rings. The molecule has 0 saturated carbocycles. The molecule has 39 heavy (non-hydrogen) atoms. The number of rotatable bonds is 7. The number of hydrazone groups is 1. The number of amides is 1. The van der Waals surface area contributed by atoms with E-state index in [0.717, 1.165) is 42.8 Å². The molecule has 1 aromatic heterocycles. The van der Waals surface area contributed by atoms with Gasteiger partial charge in [0.15, 0.2) is 11.0 Å². The molecular formula is C31H22BrN5OS. The number of nitrogens with one attached hydrogen (secondary N) is 1. The average Bonchev–Trinajstić information content (AvgIpc) is 3.40. The smallest absolute Gasteiger partial charge is 0.250 e. The van der Waals surface area contributed by atoms with Crippen molar-refractivity contribution in [2.45, 2.75) is 5.16 Å². The summed E-state index contributed by atoms with van der Waals surface area (Å²) in [6.45, 7) is 0. The van der Waals surface area contributed by atoms with Crippen LogP contribution in [0.1, 0.15) is 5.56 Å². The summed E-state index contributed by atoms with van der Waals surface area (Å²) in [6, 6.07) is 36.3. The maximum Gasteiger partial charge on any atom is 0.250 e. The molecule has 0 aliphatic rings. The van der Waals surface area contributed by atoms with Crippen molar-refractivity contribution in [3.05, 3.63) is 119 Å². The molecule has 0 aliphatic carbocycles. The Morgan fingerprint density at radius 2 is 1.49 bits per heavy atom. The molecule has 0 fully saturated rings. The molecule has 190 valence electrons. The molecule has 1 N–H and O–H groups in total. The van der Waals surface area contributed by atoms with Gasteiger partial charge in [0.05, 0.1) is 12.0 Å². The van der Waals surface area contributed by atoms with Crippen LogP contribution in [0.25, 0.3) is 38.6 Å². The zero-order chi connectivity index (χ0) is 26.6. The average molecular weight is 593 g/mol. The number of carbonyl (C=O) groups excluding carboxylic acids is 1. The lowest BCUT2D eigenvalue weighted by molar-refractivity contribution is -0.118. The number of hydrogen-bond acceptors (Lipinski definition) is 5. The fourth-order valence-electron chi connectivity index (χ4n) is 4.48. The third-order valence-corrected chi connectivity index (χ3v) is 7.74. The highest BCUT2D eigenvalue weighted by Crippen LogP contribution is 2.29. The minimum absolute atomic E-state index is 0.138. The molecule has 0 spiro atoms. The van der Waals surface area contributed by atoms with Crippen LogP contribution in [-0.4, -0.2) is 32.6 Å². The predicted octanol–water partition coefficient (Wildman–Crippen LogP) is 7.25. The lowest BCUT2D eigenvalue weighted by Gasteiger charge is -2.10. The highest BCUT2D eigenvalue weighted by molar-refractivity contribution is 9.10. The number of hydrogen-bond donors (Lipinski definition) is 1. The lowest BCUT2D eigenvalue weighted by atomic mass is 9.97. The summed E-state index contributed by atoms with van der Waals surface area (Å²) < 4.78 is 2.95. The number of benzene rings is 5. The second-order valence-electron chi connectivity index (χ2n) is 8.80. The van der Waals surface area contributed by atoms with Crippen LogP contribution >= 0.6 is 27.7 Å². The summed E-state index contributed by atoms with van der Waals surface area (Å²) in [4.78, 5) is 12.8. The minimum atomic E-state index is -0.228. The summed E-state index contributed by atoms with van der Waals surface area (Å²) in [7, 11) is 0.